The van der Waals surface area contributed by atoms with Crippen molar-refractivity contribution in [1.29, 1.82) is 0 Å². The van der Waals surface area contributed by atoms with Crippen molar-refractivity contribution in [3.05, 3.63) is 42.1 Å². The minimum Gasteiger partial charge on any atom is -0.474 e. The van der Waals surface area contributed by atoms with E-state index in [0.717, 1.165) is 17.0 Å². The second kappa shape index (κ2) is 9.08. The predicted molar refractivity (Wildman–Crippen MR) is 124 cm³/mol. The molecule has 5 rings (SSSR count). The van der Waals surface area contributed by atoms with Gasteiger partial charge in [-0.2, -0.15) is 10.1 Å². The van der Waals surface area contributed by atoms with Gasteiger partial charge in [-0.3, -0.25) is 0 Å². The van der Waals surface area contributed by atoms with Crippen molar-refractivity contribution in [3.8, 4) is 11.6 Å². The molecule has 11 nitrogen and oxygen atoms in total. The van der Waals surface area contributed by atoms with Gasteiger partial charge >= 0.3 is 6.01 Å². The van der Waals surface area contributed by atoms with Gasteiger partial charge in [0.15, 0.2) is 21.3 Å². The first-order valence-electron chi connectivity index (χ1n) is 11.2. The lowest BCUT2D eigenvalue weighted by Gasteiger charge is -2.30. The zero-order valence-corrected chi connectivity index (χ0v) is 20.5. The fraction of sp³-hybridized carbons (Fsp3) is 0.409. The molecule has 0 atom stereocenters. The fourth-order valence-electron chi connectivity index (χ4n) is 3.97. The molecule has 0 saturated carbocycles. The van der Waals surface area contributed by atoms with Crippen molar-refractivity contribution in [2.75, 3.05) is 24.2 Å². The molecule has 0 radical (unpaired) electrons. The molecule has 0 amide bonds. The maximum Gasteiger partial charge on any atom is 0.324 e. The summed E-state index contributed by atoms with van der Waals surface area (Å²) >= 11 is 0. The molecule has 0 N–H and O–H groups in total. The van der Waals surface area contributed by atoms with Crippen molar-refractivity contribution in [2.45, 2.75) is 43.6 Å². The zero-order chi connectivity index (χ0) is 25.6. The van der Waals surface area contributed by atoms with Gasteiger partial charge in [-0.15, -0.1) is 0 Å². The van der Waals surface area contributed by atoms with Crippen LogP contribution in [0.1, 0.15) is 38.4 Å². The zero-order valence-electron chi connectivity index (χ0n) is 19.7. The third kappa shape index (κ3) is 4.47. The van der Waals surface area contributed by atoms with Crippen molar-refractivity contribution in [1.82, 2.24) is 29.9 Å². The minimum atomic E-state index is -3.94. The van der Waals surface area contributed by atoms with Crippen LogP contribution >= 0.6 is 0 Å². The van der Waals surface area contributed by atoms with E-state index < -0.39 is 26.4 Å². The van der Waals surface area contributed by atoms with Gasteiger partial charge in [0.05, 0.1) is 6.20 Å². The maximum absolute atomic E-state index is 14.8. The van der Waals surface area contributed by atoms with E-state index in [1.807, 2.05) is 18.7 Å². The van der Waals surface area contributed by atoms with E-state index in [1.54, 1.807) is 0 Å². The summed E-state index contributed by atoms with van der Waals surface area (Å²) in [4.78, 5) is 14.1. The number of benzene rings is 1. The highest BCUT2D eigenvalue weighted by molar-refractivity contribution is 7.90. The third-order valence-electron chi connectivity index (χ3n) is 5.90. The Hall–Kier alpha value is -3.68. The third-order valence-corrected chi connectivity index (χ3v) is 7.01. The lowest BCUT2D eigenvalue weighted by molar-refractivity contribution is 0.164. The smallest absolute Gasteiger partial charge is 0.324 e. The van der Waals surface area contributed by atoms with Crippen LogP contribution in [-0.2, 0) is 9.84 Å². The van der Waals surface area contributed by atoms with E-state index in [0.29, 0.717) is 49.2 Å². The summed E-state index contributed by atoms with van der Waals surface area (Å²) in [6, 6.07) is 1.89. The predicted octanol–water partition coefficient (Wildman–Crippen LogP) is 3.05. The highest BCUT2D eigenvalue weighted by atomic mass is 32.2. The maximum atomic E-state index is 14.8. The first-order valence-corrected chi connectivity index (χ1v) is 13.1. The molecule has 4 aromatic rings. The number of aromatic nitrogens is 6. The largest absolute Gasteiger partial charge is 0.474 e. The first-order chi connectivity index (χ1) is 17.1. The summed E-state index contributed by atoms with van der Waals surface area (Å²) in [6.07, 6.45) is 4.64. The van der Waals surface area contributed by atoms with Gasteiger partial charge < -0.3 is 14.2 Å². The molecule has 3 aromatic heterocycles. The molecule has 1 saturated heterocycles. The Kier molecular flexibility index (Phi) is 6.06. The summed E-state index contributed by atoms with van der Waals surface area (Å²) in [7, 11) is -3.94. The van der Waals surface area contributed by atoms with Gasteiger partial charge in [0, 0.05) is 44.2 Å². The summed E-state index contributed by atoms with van der Waals surface area (Å²) in [6.45, 7) is 5.29. The molecule has 1 fully saturated rings. The van der Waals surface area contributed by atoms with Crippen LogP contribution in [-0.4, -0.2) is 63.8 Å². The highest BCUT2D eigenvalue weighted by Gasteiger charge is 2.26. The Morgan fingerprint density at radius 2 is 1.89 bits per heavy atom. The molecular formula is C22H23F2N7O4S. The monoisotopic (exact) mass is 519 g/mol. The van der Waals surface area contributed by atoms with E-state index in [4.69, 9.17) is 9.26 Å². The van der Waals surface area contributed by atoms with E-state index in [1.165, 1.54) is 12.5 Å². The summed E-state index contributed by atoms with van der Waals surface area (Å²) in [5, 5.41) is 8.53. The van der Waals surface area contributed by atoms with Crippen LogP contribution in [0.2, 0.25) is 0 Å². The van der Waals surface area contributed by atoms with E-state index in [-0.39, 0.29) is 29.2 Å². The van der Waals surface area contributed by atoms with Crippen LogP contribution in [0.15, 0.2) is 34.1 Å². The van der Waals surface area contributed by atoms with Crippen LogP contribution in [0.3, 0.4) is 0 Å². The molecule has 0 aliphatic carbocycles. The molecule has 1 aromatic carbocycles. The van der Waals surface area contributed by atoms with Crippen LogP contribution in [0.25, 0.3) is 16.7 Å². The Morgan fingerprint density at radius 1 is 1.14 bits per heavy atom. The number of anilines is 1. The lowest BCUT2D eigenvalue weighted by atomic mass is 10.1. The second-order valence-corrected chi connectivity index (χ2v) is 10.9. The second-order valence-electron chi connectivity index (χ2n) is 8.87. The minimum absolute atomic E-state index is 0.154. The van der Waals surface area contributed by atoms with Gasteiger partial charge in [0.2, 0.25) is 5.88 Å². The molecule has 190 valence electrons. The topological polar surface area (TPSA) is 129 Å². The average Bonchev–Trinajstić information content (AvgIpc) is 3.49. The number of rotatable bonds is 6. The number of sulfone groups is 1. The number of fused-ring (bicyclic) bond motifs is 1. The Morgan fingerprint density at radius 3 is 2.56 bits per heavy atom. The van der Waals surface area contributed by atoms with Crippen molar-refractivity contribution in [3.63, 3.8) is 0 Å². The Balaban J connectivity index is 1.35. The number of piperidine rings is 1. The summed E-state index contributed by atoms with van der Waals surface area (Å²) in [5.41, 5.74) is -0.0944. The number of hydrogen-bond donors (Lipinski definition) is 0. The van der Waals surface area contributed by atoms with Crippen molar-refractivity contribution >= 4 is 26.9 Å². The number of ether oxygens (including phenoxy) is 1. The Bertz CT molecular complexity index is 1530. The first kappa shape index (κ1) is 24.0. The van der Waals surface area contributed by atoms with Crippen molar-refractivity contribution in [2.24, 2.45) is 0 Å². The standard InChI is InChI=1S/C22H23F2N7O4S/c1-12(2)19-28-22(35-29-19)30-6-4-13(5-7-30)34-21-14-10-27-31(20(14)25-11-26-21)17-8-16(24)18(9-15(17)23)36(3,32)33/h8-13H,4-7H2,1-3H3. The summed E-state index contributed by atoms with van der Waals surface area (Å²) in [5.74, 6) is -0.954. The fourth-order valence-corrected chi connectivity index (χ4v) is 4.70. The Labute approximate surface area is 205 Å². The van der Waals surface area contributed by atoms with Crippen molar-refractivity contribution < 1.29 is 26.5 Å². The highest BCUT2D eigenvalue weighted by Crippen LogP contribution is 2.29. The van der Waals surface area contributed by atoms with Crippen LogP contribution in [0.5, 0.6) is 5.88 Å². The van der Waals surface area contributed by atoms with E-state index >= 15 is 0 Å². The molecule has 4 heterocycles. The molecule has 0 unspecified atom stereocenters. The molecule has 14 heteroatoms. The SMILES string of the molecule is CC(C)c1noc(N2CCC(Oc3ncnc4c3cnn4-c3cc(F)c(S(C)(=O)=O)cc3F)CC2)n1. The average molecular weight is 520 g/mol. The van der Waals surface area contributed by atoms with Crippen LogP contribution < -0.4 is 9.64 Å². The van der Waals surface area contributed by atoms with Gasteiger partial charge in [0.1, 0.15) is 40.0 Å². The van der Waals surface area contributed by atoms with Crippen LogP contribution in [0.4, 0.5) is 14.8 Å². The van der Waals surface area contributed by atoms with Gasteiger partial charge in [0.25, 0.3) is 0 Å². The molecule has 1 aliphatic rings. The quantitative estimate of drug-likeness (QED) is 0.375. The number of halogens is 2. The molecule has 0 spiro atoms. The van der Waals surface area contributed by atoms with Gasteiger partial charge in [-0.25, -0.2) is 31.8 Å². The lowest BCUT2D eigenvalue weighted by Crippen LogP contribution is -2.38. The van der Waals surface area contributed by atoms with E-state index in [9.17, 15) is 17.2 Å². The van der Waals surface area contributed by atoms with Gasteiger partial charge in [-0.1, -0.05) is 19.0 Å². The van der Waals surface area contributed by atoms with E-state index in [2.05, 4.69) is 25.2 Å². The number of nitrogens with zero attached hydrogens (tertiary/aromatic N) is 7. The molecular weight excluding hydrogens is 496 g/mol. The van der Waals surface area contributed by atoms with Gasteiger partial charge in [-0.05, 0) is 6.07 Å². The summed E-state index contributed by atoms with van der Waals surface area (Å²) < 4.78 is 65.2. The molecule has 1 aliphatic heterocycles. The number of hydrogen-bond acceptors (Lipinski definition) is 10. The molecule has 0 bridgehead atoms. The van der Waals surface area contributed by atoms with Crippen LogP contribution in [0, 0.1) is 11.6 Å². The molecule has 36 heavy (non-hydrogen) atoms. The normalized spacial score (nSPS) is 15.2.